The van der Waals surface area contributed by atoms with Crippen molar-refractivity contribution >= 4 is 40.2 Å². The van der Waals surface area contributed by atoms with Crippen LogP contribution in [-0.4, -0.2) is 11.1 Å². The number of carbonyl (C=O) groups is 1. The fourth-order valence-corrected chi connectivity index (χ4v) is 2.43. The van der Waals surface area contributed by atoms with E-state index in [-0.39, 0.29) is 5.56 Å². The Bertz CT molecular complexity index is 377. The van der Waals surface area contributed by atoms with Gasteiger partial charge in [0.25, 0.3) is 0 Å². The first-order chi connectivity index (χ1) is 7.10. The minimum Gasteiger partial charge on any atom is -0.478 e. The predicted octanol–water partition coefficient (Wildman–Crippen LogP) is 3.93. The van der Waals surface area contributed by atoms with Gasteiger partial charge in [0.1, 0.15) is 0 Å². The molecule has 0 saturated heterocycles. The van der Waals surface area contributed by atoms with Crippen LogP contribution < -0.4 is 0 Å². The number of carboxylic acids is 1. The first kappa shape index (κ1) is 12.8. The lowest BCUT2D eigenvalue weighted by atomic mass is 10.0. The fraction of sp³-hybridized carbons (Fsp3) is 0.364. The van der Waals surface area contributed by atoms with Crippen molar-refractivity contribution in [2.45, 2.75) is 24.2 Å². The molecule has 0 unspecified atom stereocenters. The van der Waals surface area contributed by atoms with Gasteiger partial charge in [-0.1, -0.05) is 47.5 Å². The molecule has 1 aromatic carbocycles. The monoisotopic (exact) mass is 338 g/mol. The summed E-state index contributed by atoms with van der Waals surface area (Å²) in [6.07, 6.45) is 1.98. The van der Waals surface area contributed by atoms with Crippen LogP contribution in [0.1, 0.15) is 34.8 Å². The van der Waals surface area contributed by atoms with E-state index in [1.807, 2.05) is 0 Å². The van der Waals surface area contributed by atoms with Gasteiger partial charge >= 0.3 is 5.97 Å². The maximum atomic E-state index is 10.9. The summed E-state index contributed by atoms with van der Waals surface area (Å²) in [5.74, 6) is -0.964. The molecule has 2 nitrogen and oxygen atoms in total. The van der Waals surface area contributed by atoms with Crippen LogP contribution in [0.4, 0.5) is 0 Å². The molecule has 1 aromatic rings. The zero-order valence-corrected chi connectivity index (χ0v) is 11.3. The van der Waals surface area contributed by atoms with Crippen molar-refractivity contribution < 1.29 is 9.90 Å². The predicted molar refractivity (Wildman–Crippen MR) is 70.1 cm³/mol. The number of hydrogen-bond acceptors (Lipinski definition) is 1. The van der Waals surface area contributed by atoms with Gasteiger partial charge in [-0.3, -0.25) is 0 Å². The largest absolute Gasteiger partial charge is 0.478 e. The molecule has 0 spiro atoms. The molecular formula is C11H12ClIO2. The first-order valence-electron chi connectivity index (χ1n) is 4.70. The lowest BCUT2D eigenvalue weighted by Gasteiger charge is -2.09. The van der Waals surface area contributed by atoms with Gasteiger partial charge in [-0.15, -0.1) is 0 Å². The van der Waals surface area contributed by atoms with Crippen LogP contribution in [-0.2, 0) is 10.8 Å². The fourth-order valence-electron chi connectivity index (χ4n) is 1.45. The molecule has 0 bridgehead atoms. The number of aromatic carboxylic acids is 1. The van der Waals surface area contributed by atoms with Crippen molar-refractivity contribution in [3.05, 3.63) is 33.8 Å². The van der Waals surface area contributed by atoms with Gasteiger partial charge in [-0.05, 0) is 29.7 Å². The van der Waals surface area contributed by atoms with Crippen LogP contribution in [0.25, 0.3) is 0 Å². The summed E-state index contributed by atoms with van der Waals surface area (Å²) in [6.45, 7) is 2.09. The van der Waals surface area contributed by atoms with E-state index in [9.17, 15) is 4.79 Å². The molecule has 0 fully saturated rings. The third-order valence-electron chi connectivity index (χ3n) is 2.18. The van der Waals surface area contributed by atoms with E-state index < -0.39 is 5.97 Å². The van der Waals surface area contributed by atoms with Gasteiger partial charge in [-0.2, -0.15) is 0 Å². The van der Waals surface area contributed by atoms with Crippen molar-refractivity contribution in [3.63, 3.8) is 0 Å². The van der Waals surface area contributed by atoms with Crippen LogP contribution >= 0.6 is 34.2 Å². The number of benzene rings is 1. The summed E-state index contributed by atoms with van der Waals surface area (Å²) in [6, 6.07) is 3.46. The summed E-state index contributed by atoms with van der Waals surface area (Å²) < 4.78 is 0.810. The van der Waals surface area contributed by atoms with E-state index in [0.29, 0.717) is 5.02 Å². The first-order valence-corrected chi connectivity index (χ1v) is 6.61. The van der Waals surface area contributed by atoms with E-state index in [1.54, 1.807) is 12.1 Å². The summed E-state index contributed by atoms with van der Waals surface area (Å²) in [5.41, 5.74) is 2.42. The number of hydrogen-bond donors (Lipinski definition) is 1. The molecular weight excluding hydrogens is 326 g/mol. The number of aryl methyl sites for hydroxylation is 1. The number of carboxylic acid groups (broad SMARTS) is 1. The molecule has 82 valence electrons. The summed E-state index contributed by atoms with van der Waals surface area (Å²) in [5, 5.41) is 9.25. The Morgan fingerprint density at radius 1 is 1.47 bits per heavy atom. The van der Waals surface area contributed by atoms with Gasteiger partial charge in [-0.25, -0.2) is 4.79 Å². The highest BCUT2D eigenvalue weighted by atomic mass is 127. The minimum absolute atomic E-state index is 0.197. The van der Waals surface area contributed by atoms with Gasteiger partial charge in [0, 0.05) is 4.43 Å². The highest BCUT2D eigenvalue weighted by Crippen LogP contribution is 2.24. The number of rotatable bonds is 4. The van der Waals surface area contributed by atoms with Crippen LogP contribution in [0, 0.1) is 0 Å². The van der Waals surface area contributed by atoms with Gasteiger partial charge < -0.3 is 5.11 Å². The minimum atomic E-state index is -0.964. The van der Waals surface area contributed by atoms with Crippen LogP contribution in [0.15, 0.2) is 12.1 Å². The van der Waals surface area contributed by atoms with Crippen molar-refractivity contribution in [3.8, 4) is 0 Å². The van der Waals surface area contributed by atoms with E-state index in [4.69, 9.17) is 16.7 Å². The molecule has 0 radical (unpaired) electrons. The highest BCUT2D eigenvalue weighted by Gasteiger charge is 2.12. The molecule has 15 heavy (non-hydrogen) atoms. The lowest BCUT2D eigenvalue weighted by molar-refractivity contribution is 0.0697. The molecule has 0 aromatic heterocycles. The summed E-state index contributed by atoms with van der Waals surface area (Å²) in [4.78, 5) is 10.9. The molecule has 4 heteroatoms. The van der Waals surface area contributed by atoms with Gasteiger partial charge in [0.15, 0.2) is 0 Å². The number of alkyl halides is 1. The Hall–Kier alpha value is -0.290. The molecule has 0 aliphatic rings. The van der Waals surface area contributed by atoms with E-state index in [0.717, 1.165) is 28.4 Å². The van der Waals surface area contributed by atoms with Crippen molar-refractivity contribution in [1.82, 2.24) is 0 Å². The molecule has 0 saturated carbocycles. The van der Waals surface area contributed by atoms with Crippen LogP contribution in [0.2, 0.25) is 5.02 Å². The Morgan fingerprint density at radius 3 is 2.60 bits per heavy atom. The molecule has 0 heterocycles. The Balaban J connectivity index is 3.22. The molecule has 1 rings (SSSR count). The maximum Gasteiger partial charge on any atom is 0.337 e. The zero-order chi connectivity index (χ0) is 11.4. The lowest BCUT2D eigenvalue weighted by Crippen LogP contribution is -2.01. The highest BCUT2D eigenvalue weighted by molar-refractivity contribution is 14.1. The average Bonchev–Trinajstić information content (AvgIpc) is 2.18. The van der Waals surface area contributed by atoms with E-state index in [1.165, 1.54) is 0 Å². The second-order valence-electron chi connectivity index (χ2n) is 3.29. The third kappa shape index (κ3) is 3.08. The standard InChI is InChI=1S/C11H12ClIO2/c1-2-3-7-5-10(12)9(11(14)15)4-8(7)6-13/h4-5H,2-3,6H2,1H3,(H,14,15). The van der Waals surface area contributed by atoms with Crippen molar-refractivity contribution in [2.24, 2.45) is 0 Å². The third-order valence-corrected chi connectivity index (χ3v) is 3.32. The molecule has 0 aliphatic heterocycles. The summed E-state index contributed by atoms with van der Waals surface area (Å²) >= 11 is 8.14. The van der Waals surface area contributed by atoms with Crippen LogP contribution in [0.3, 0.4) is 0 Å². The smallest absolute Gasteiger partial charge is 0.337 e. The molecule has 0 amide bonds. The topological polar surface area (TPSA) is 37.3 Å². The quantitative estimate of drug-likeness (QED) is 0.667. The Morgan fingerprint density at radius 2 is 2.13 bits per heavy atom. The molecule has 0 aliphatic carbocycles. The van der Waals surface area contributed by atoms with Gasteiger partial charge in [0.2, 0.25) is 0 Å². The zero-order valence-electron chi connectivity index (χ0n) is 8.39. The van der Waals surface area contributed by atoms with Crippen molar-refractivity contribution in [1.29, 1.82) is 0 Å². The SMILES string of the molecule is CCCc1cc(Cl)c(C(=O)O)cc1CI. The van der Waals surface area contributed by atoms with Crippen LogP contribution in [0.5, 0.6) is 0 Å². The average molecular weight is 339 g/mol. The normalized spacial score (nSPS) is 10.3. The Labute approximate surface area is 108 Å². The summed E-state index contributed by atoms with van der Waals surface area (Å²) in [7, 11) is 0. The molecule has 0 atom stereocenters. The van der Waals surface area contributed by atoms with Crippen molar-refractivity contribution in [2.75, 3.05) is 0 Å². The van der Waals surface area contributed by atoms with Gasteiger partial charge in [0.05, 0.1) is 10.6 Å². The second kappa shape index (κ2) is 5.70. The van der Waals surface area contributed by atoms with E-state index in [2.05, 4.69) is 29.5 Å². The number of halogens is 2. The second-order valence-corrected chi connectivity index (χ2v) is 4.46. The molecule has 1 N–H and O–H groups in total. The maximum absolute atomic E-state index is 10.9. The Kier molecular flexibility index (Phi) is 4.86. The van der Waals surface area contributed by atoms with E-state index >= 15 is 0 Å².